The Labute approximate surface area is 167 Å². The number of nitrogens with zero attached hydrogens (tertiary/aromatic N) is 3. The predicted molar refractivity (Wildman–Crippen MR) is 107 cm³/mol. The van der Waals surface area contributed by atoms with Crippen LogP contribution in [0.1, 0.15) is 18.2 Å². The number of amides is 1. The molecule has 26 heavy (non-hydrogen) atoms. The first-order valence-corrected chi connectivity index (χ1v) is 8.41. The van der Waals surface area contributed by atoms with E-state index < -0.39 is 0 Å². The van der Waals surface area contributed by atoms with E-state index in [1.807, 2.05) is 35.9 Å². The van der Waals surface area contributed by atoms with E-state index in [0.29, 0.717) is 27.0 Å². The number of benzene rings is 1. The van der Waals surface area contributed by atoms with Crippen molar-refractivity contribution < 1.29 is 9.53 Å². The number of hydrogen-bond acceptors (Lipinski definition) is 3. The highest BCUT2D eigenvalue weighted by Crippen LogP contribution is 2.32. The lowest BCUT2D eigenvalue weighted by Crippen LogP contribution is -2.22. The second-order valence-electron chi connectivity index (χ2n) is 5.74. The molecule has 0 radical (unpaired) electrons. The first kappa shape index (κ1) is 20.4. The number of ether oxygens (including phenoxy) is 1. The van der Waals surface area contributed by atoms with Gasteiger partial charge < -0.3 is 14.0 Å². The predicted octanol–water partition coefficient (Wildman–Crippen LogP) is 4.93. The van der Waals surface area contributed by atoms with Crippen molar-refractivity contribution >= 4 is 52.9 Å². The average molecular weight is 415 g/mol. The molecule has 2 heterocycles. The number of rotatable bonds is 4. The molecule has 0 N–H and O–H groups in total. The lowest BCUT2D eigenvalue weighted by Gasteiger charge is -2.18. The molecule has 0 unspecified atom stereocenters. The minimum atomic E-state index is -0.0995. The Morgan fingerprint density at radius 1 is 1.31 bits per heavy atom. The monoisotopic (exact) mass is 413 g/mol. The quantitative estimate of drug-likeness (QED) is 0.608. The van der Waals surface area contributed by atoms with E-state index in [4.69, 9.17) is 27.9 Å². The van der Waals surface area contributed by atoms with Crippen molar-refractivity contribution in [3.63, 3.8) is 0 Å². The Morgan fingerprint density at radius 3 is 2.58 bits per heavy atom. The molecule has 0 aliphatic carbocycles. The van der Waals surface area contributed by atoms with Crippen molar-refractivity contribution in [1.29, 1.82) is 0 Å². The second-order valence-corrected chi connectivity index (χ2v) is 6.55. The molecule has 0 bridgehead atoms. The molecule has 5 nitrogen and oxygen atoms in total. The van der Waals surface area contributed by atoms with E-state index in [1.165, 1.54) is 11.8 Å². The van der Waals surface area contributed by atoms with Gasteiger partial charge >= 0.3 is 0 Å². The number of aromatic nitrogens is 2. The van der Waals surface area contributed by atoms with Crippen LogP contribution in [0.15, 0.2) is 36.7 Å². The lowest BCUT2D eigenvalue weighted by molar-refractivity contribution is -0.116. The zero-order valence-electron chi connectivity index (χ0n) is 14.5. The summed E-state index contributed by atoms with van der Waals surface area (Å²) in [6.45, 7) is 3.61. The van der Waals surface area contributed by atoms with Crippen molar-refractivity contribution in [2.45, 2.75) is 20.5 Å². The number of imidazole rings is 1. The Bertz CT molecular complexity index is 933. The summed E-state index contributed by atoms with van der Waals surface area (Å²) in [5, 5.41) is 0.893. The molecule has 2 aromatic heterocycles. The highest BCUT2D eigenvalue weighted by atomic mass is 35.5. The number of anilines is 1. The summed E-state index contributed by atoms with van der Waals surface area (Å²) in [6, 6.07) is 7.14. The fraction of sp³-hybridized carbons (Fsp3) is 0.222. The number of fused-ring (bicyclic) bond motifs is 1. The van der Waals surface area contributed by atoms with E-state index in [9.17, 15) is 4.79 Å². The van der Waals surface area contributed by atoms with Gasteiger partial charge in [0.15, 0.2) is 11.4 Å². The molecule has 0 atom stereocenters. The van der Waals surface area contributed by atoms with Crippen LogP contribution in [0.25, 0.3) is 5.65 Å². The van der Waals surface area contributed by atoms with Crippen molar-refractivity contribution in [3.8, 4) is 5.75 Å². The van der Waals surface area contributed by atoms with Crippen LogP contribution < -0.4 is 9.64 Å². The van der Waals surface area contributed by atoms with Gasteiger partial charge in [0.05, 0.1) is 15.7 Å². The van der Waals surface area contributed by atoms with Crippen LogP contribution in [0.3, 0.4) is 0 Å². The molecule has 8 heteroatoms. The van der Waals surface area contributed by atoms with Gasteiger partial charge in [0.2, 0.25) is 5.91 Å². The van der Waals surface area contributed by atoms with Crippen molar-refractivity contribution in [2.75, 3.05) is 11.9 Å². The van der Waals surface area contributed by atoms with E-state index in [-0.39, 0.29) is 24.9 Å². The Kier molecular flexibility index (Phi) is 6.39. The highest BCUT2D eigenvalue weighted by molar-refractivity contribution is 6.36. The summed E-state index contributed by atoms with van der Waals surface area (Å²) in [6.07, 6.45) is 3.84. The third kappa shape index (κ3) is 4.06. The van der Waals surface area contributed by atoms with Gasteiger partial charge in [0.25, 0.3) is 0 Å². The highest BCUT2D eigenvalue weighted by Gasteiger charge is 2.14. The first-order valence-electron chi connectivity index (χ1n) is 7.66. The summed E-state index contributed by atoms with van der Waals surface area (Å²) in [7, 11) is 1.67. The molecule has 0 saturated carbocycles. The Hall–Kier alpha value is -1.95. The third-order valence-corrected chi connectivity index (χ3v) is 4.60. The summed E-state index contributed by atoms with van der Waals surface area (Å²) in [5.41, 5.74) is 2.94. The molecule has 0 aliphatic rings. The standard InChI is InChI=1S/C18H17Cl2N3O2.ClH/c1-11-9-23-6-4-5-17(18(23)21-11)25-10-14-15(19)7-13(8-16(14)20)22(3)12(2)24;/h4-9H,10H2,1-3H3;1H. The normalized spacial score (nSPS) is 10.5. The van der Waals surface area contributed by atoms with Crippen molar-refractivity contribution in [3.05, 3.63) is 58.0 Å². The molecule has 0 spiro atoms. The van der Waals surface area contributed by atoms with Crippen molar-refractivity contribution in [2.24, 2.45) is 0 Å². The van der Waals surface area contributed by atoms with Crippen LogP contribution in [0.4, 0.5) is 5.69 Å². The van der Waals surface area contributed by atoms with E-state index in [1.54, 1.807) is 19.2 Å². The number of carbonyl (C=O) groups excluding carboxylic acids is 1. The van der Waals surface area contributed by atoms with E-state index in [0.717, 1.165) is 11.3 Å². The topological polar surface area (TPSA) is 46.8 Å². The fourth-order valence-corrected chi connectivity index (χ4v) is 3.06. The van der Waals surface area contributed by atoms with Gasteiger partial charge in [0.1, 0.15) is 6.61 Å². The largest absolute Gasteiger partial charge is 0.485 e. The lowest BCUT2D eigenvalue weighted by atomic mass is 10.2. The number of halogens is 3. The third-order valence-electron chi connectivity index (χ3n) is 3.92. The van der Waals surface area contributed by atoms with Gasteiger partial charge in [-0.2, -0.15) is 0 Å². The van der Waals surface area contributed by atoms with Gasteiger partial charge in [-0.1, -0.05) is 23.2 Å². The van der Waals surface area contributed by atoms with E-state index in [2.05, 4.69) is 4.98 Å². The molecular formula is C18H18Cl3N3O2. The van der Waals surface area contributed by atoms with Gasteiger partial charge in [0, 0.05) is 37.6 Å². The first-order chi connectivity index (χ1) is 11.9. The van der Waals surface area contributed by atoms with Gasteiger partial charge in [-0.15, -0.1) is 12.4 Å². The number of hydrogen-bond donors (Lipinski definition) is 0. The minimum absolute atomic E-state index is 0. The number of pyridine rings is 1. The molecule has 3 rings (SSSR count). The zero-order valence-corrected chi connectivity index (χ0v) is 16.8. The molecule has 0 saturated heterocycles. The maximum Gasteiger partial charge on any atom is 0.223 e. The van der Waals surface area contributed by atoms with Crippen molar-refractivity contribution in [1.82, 2.24) is 9.38 Å². The molecule has 3 aromatic rings. The SMILES string of the molecule is CC(=O)N(C)c1cc(Cl)c(COc2cccn3cc(C)nc23)c(Cl)c1.Cl. The van der Waals surface area contributed by atoms with Gasteiger partial charge in [-0.3, -0.25) is 4.79 Å². The summed E-state index contributed by atoms with van der Waals surface area (Å²) in [5.74, 6) is 0.546. The maximum absolute atomic E-state index is 11.5. The number of aryl methyl sites for hydroxylation is 1. The molecule has 0 aliphatic heterocycles. The maximum atomic E-state index is 11.5. The van der Waals surface area contributed by atoms with Crippen LogP contribution in [0.2, 0.25) is 10.0 Å². The Morgan fingerprint density at radius 2 is 1.96 bits per heavy atom. The average Bonchev–Trinajstić information content (AvgIpc) is 2.94. The van der Waals surface area contributed by atoms with Crippen LogP contribution in [-0.2, 0) is 11.4 Å². The fourth-order valence-electron chi connectivity index (χ4n) is 2.48. The summed E-state index contributed by atoms with van der Waals surface area (Å²) in [4.78, 5) is 17.4. The minimum Gasteiger partial charge on any atom is -0.485 e. The van der Waals surface area contributed by atoms with Gasteiger partial charge in [-0.25, -0.2) is 4.98 Å². The van der Waals surface area contributed by atoms with Crippen LogP contribution >= 0.6 is 35.6 Å². The zero-order chi connectivity index (χ0) is 18.1. The smallest absolute Gasteiger partial charge is 0.223 e. The van der Waals surface area contributed by atoms with E-state index >= 15 is 0 Å². The second kappa shape index (κ2) is 8.16. The molecule has 138 valence electrons. The molecule has 1 amide bonds. The van der Waals surface area contributed by atoms with Crippen LogP contribution in [-0.4, -0.2) is 22.3 Å². The molecule has 0 fully saturated rings. The summed E-state index contributed by atoms with van der Waals surface area (Å²) < 4.78 is 7.80. The number of carbonyl (C=O) groups is 1. The van der Waals surface area contributed by atoms with Gasteiger partial charge in [-0.05, 0) is 31.2 Å². The summed E-state index contributed by atoms with van der Waals surface area (Å²) >= 11 is 12.7. The van der Waals surface area contributed by atoms with Crippen LogP contribution in [0.5, 0.6) is 5.75 Å². The van der Waals surface area contributed by atoms with Crippen LogP contribution in [0, 0.1) is 6.92 Å². The molecule has 1 aromatic carbocycles. The Balaban J connectivity index is 0.00000243. The molecular weight excluding hydrogens is 397 g/mol.